The molecule has 0 radical (unpaired) electrons. The second-order valence-corrected chi connectivity index (χ2v) is 4.64. The molecule has 3 rings (SSSR count). The van der Waals surface area contributed by atoms with Crippen LogP contribution in [0.5, 0.6) is 0 Å². The fourth-order valence-corrected chi connectivity index (χ4v) is 2.43. The first kappa shape index (κ1) is 10.3. The van der Waals surface area contributed by atoms with Gasteiger partial charge in [0.1, 0.15) is 6.33 Å². The van der Waals surface area contributed by atoms with E-state index in [1.54, 1.807) is 13.4 Å². The molecule has 88 valence electrons. The monoisotopic (exact) mass is 229 g/mol. The van der Waals surface area contributed by atoms with Crippen LogP contribution < -0.4 is 5.69 Å². The summed E-state index contributed by atoms with van der Waals surface area (Å²) in [5, 5.41) is 4.07. The molecule has 0 spiro atoms. The van der Waals surface area contributed by atoms with E-state index in [2.05, 4.69) is 23.3 Å². The maximum Gasteiger partial charge on any atom is 0.345 e. The Labute approximate surface area is 99.5 Å². The Morgan fingerprint density at radius 2 is 2.12 bits per heavy atom. The Bertz CT molecular complexity index is 609. The van der Waals surface area contributed by atoms with Crippen molar-refractivity contribution in [3.8, 4) is 0 Å². The molecular formula is C13H15N3O. The van der Waals surface area contributed by atoms with Gasteiger partial charge in [0, 0.05) is 7.05 Å². The molecule has 1 aliphatic carbocycles. The van der Waals surface area contributed by atoms with E-state index < -0.39 is 0 Å². The molecule has 0 fully saturated rings. The minimum atomic E-state index is -0.0644. The Balaban J connectivity index is 1.91. The molecule has 0 N–H and O–H groups in total. The lowest BCUT2D eigenvalue weighted by atomic mass is 10.1. The smallest absolute Gasteiger partial charge is 0.285 e. The normalized spacial score (nSPS) is 13.9. The van der Waals surface area contributed by atoms with Crippen LogP contribution in [-0.4, -0.2) is 14.3 Å². The Morgan fingerprint density at radius 1 is 1.29 bits per heavy atom. The van der Waals surface area contributed by atoms with Crippen molar-refractivity contribution in [1.82, 2.24) is 14.3 Å². The third-order valence-electron chi connectivity index (χ3n) is 3.38. The van der Waals surface area contributed by atoms with E-state index in [1.165, 1.54) is 39.6 Å². The van der Waals surface area contributed by atoms with E-state index in [4.69, 9.17) is 0 Å². The van der Waals surface area contributed by atoms with Gasteiger partial charge in [0.25, 0.3) is 0 Å². The van der Waals surface area contributed by atoms with Gasteiger partial charge in [-0.15, -0.1) is 0 Å². The average Bonchev–Trinajstić information content (AvgIpc) is 2.90. The highest BCUT2D eigenvalue weighted by molar-refractivity contribution is 5.35. The third kappa shape index (κ3) is 1.79. The Morgan fingerprint density at radius 3 is 2.88 bits per heavy atom. The van der Waals surface area contributed by atoms with Crippen molar-refractivity contribution >= 4 is 0 Å². The highest BCUT2D eigenvalue weighted by Gasteiger charge is 2.11. The van der Waals surface area contributed by atoms with Crippen LogP contribution in [0.3, 0.4) is 0 Å². The molecule has 0 unspecified atom stereocenters. The van der Waals surface area contributed by atoms with E-state index in [0.717, 1.165) is 5.56 Å². The lowest BCUT2D eigenvalue weighted by Crippen LogP contribution is -2.23. The predicted molar refractivity (Wildman–Crippen MR) is 65.0 cm³/mol. The van der Waals surface area contributed by atoms with E-state index in [0.29, 0.717) is 6.54 Å². The number of benzene rings is 1. The van der Waals surface area contributed by atoms with Gasteiger partial charge < -0.3 is 0 Å². The molecule has 0 atom stereocenters. The molecule has 4 nitrogen and oxygen atoms in total. The van der Waals surface area contributed by atoms with Crippen molar-refractivity contribution in [1.29, 1.82) is 0 Å². The summed E-state index contributed by atoms with van der Waals surface area (Å²) in [4.78, 5) is 11.7. The van der Waals surface area contributed by atoms with Crippen molar-refractivity contribution < 1.29 is 0 Å². The van der Waals surface area contributed by atoms with Gasteiger partial charge in [-0.25, -0.2) is 9.48 Å². The van der Waals surface area contributed by atoms with E-state index in [1.807, 2.05) is 0 Å². The van der Waals surface area contributed by atoms with Gasteiger partial charge in [0.05, 0.1) is 6.54 Å². The minimum absolute atomic E-state index is 0.0644. The molecule has 1 aromatic heterocycles. The van der Waals surface area contributed by atoms with Crippen LogP contribution in [0.2, 0.25) is 0 Å². The molecule has 0 saturated heterocycles. The van der Waals surface area contributed by atoms with Crippen molar-refractivity contribution in [3.05, 3.63) is 51.7 Å². The van der Waals surface area contributed by atoms with E-state index >= 15 is 0 Å². The molecule has 4 heteroatoms. The molecule has 0 saturated carbocycles. The molecule has 0 aliphatic heterocycles. The predicted octanol–water partition coefficient (Wildman–Crippen LogP) is 1.12. The number of rotatable bonds is 2. The van der Waals surface area contributed by atoms with Gasteiger partial charge in [0.2, 0.25) is 0 Å². The number of hydrogen-bond donors (Lipinski definition) is 0. The lowest BCUT2D eigenvalue weighted by Gasteiger charge is -2.04. The second kappa shape index (κ2) is 3.87. The summed E-state index contributed by atoms with van der Waals surface area (Å²) in [7, 11) is 1.72. The molecule has 1 aliphatic rings. The zero-order valence-corrected chi connectivity index (χ0v) is 9.89. The standard InChI is InChI=1S/C13H15N3O/c1-15-9-14-16(13(15)17)8-10-5-6-11-3-2-4-12(11)7-10/h5-7,9H,2-4,8H2,1H3. The van der Waals surface area contributed by atoms with Crippen LogP contribution in [0.15, 0.2) is 29.3 Å². The molecule has 2 aromatic rings. The molecule has 1 heterocycles. The van der Waals surface area contributed by atoms with Gasteiger partial charge in [-0.1, -0.05) is 18.2 Å². The van der Waals surface area contributed by atoms with Crippen molar-refractivity contribution in [3.63, 3.8) is 0 Å². The molecular weight excluding hydrogens is 214 g/mol. The van der Waals surface area contributed by atoms with Gasteiger partial charge in [-0.3, -0.25) is 4.57 Å². The molecule has 0 bridgehead atoms. The Hall–Kier alpha value is -1.84. The highest BCUT2D eigenvalue weighted by Crippen LogP contribution is 2.22. The van der Waals surface area contributed by atoms with Crippen LogP contribution in [0.25, 0.3) is 0 Å². The van der Waals surface area contributed by atoms with Gasteiger partial charge in [-0.05, 0) is 36.0 Å². The first-order valence-electron chi connectivity index (χ1n) is 5.93. The molecule has 0 amide bonds. The third-order valence-corrected chi connectivity index (χ3v) is 3.38. The summed E-state index contributed by atoms with van der Waals surface area (Å²) in [5.41, 5.74) is 3.99. The van der Waals surface area contributed by atoms with Crippen LogP contribution in [0.1, 0.15) is 23.1 Å². The summed E-state index contributed by atoms with van der Waals surface area (Å²) in [6.07, 6.45) is 5.16. The largest absolute Gasteiger partial charge is 0.345 e. The summed E-state index contributed by atoms with van der Waals surface area (Å²) < 4.78 is 2.99. The fraction of sp³-hybridized carbons (Fsp3) is 0.385. The number of aryl methyl sites for hydroxylation is 3. The topological polar surface area (TPSA) is 39.8 Å². The quantitative estimate of drug-likeness (QED) is 0.774. The zero-order chi connectivity index (χ0) is 11.8. The summed E-state index contributed by atoms with van der Waals surface area (Å²) in [6.45, 7) is 0.562. The second-order valence-electron chi connectivity index (χ2n) is 4.64. The number of fused-ring (bicyclic) bond motifs is 1. The van der Waals surface area contributed by atoms with Gasteiger partial charge in [0.15, 0.2) is 0 Å². The first-order valence-corrected chi connectivity index (χ1v) is 5.93. The van der Waals surface area contributed by atoms with Crippen molar-refractivity contribution in [2.75, 3.05) is 0 Å². The highest BCUT2D eigenvalue weighted by atomic mass is 16.2. The maximum absolute atomic E-state index is 11.7. The van der Waals surface area contributed by atoms with Crippen LogP contribution in [0, 0.1) is 0 Å². The fourth-order valence-electron chi connectivity index (χ4n) is 2.43. The van der Waals surface area contributed by atoms with Crippen molar-refractivity contribution in [2.24, 2.45) is 7.05 Å². The van der Waals surface area contributed by atoms with Crippen LogP contribution >= 0.6 is 0 Å². The summed E-state index contributed by atoms with van der Waals surface area (Å²) in [5.74, 6) is 0. The van der Waals surface area contributed by atoms with E-state index in [-0.39, 0.29) is 5.69 Å². The van der Waals surface area contributed by atoms with Crippen LogP contribution in [0.4, 0.5) is 0 Å². The van der Waals surface area contributed by atoms with Crippen LogP contribution in [-0.2, 0) is 26.4 Å². The van der Waals surface area contributed by atoms with Gasteiger partial charge >= 0.3 is 5.69 Å². The molecule has 17 heavy (non-hydrogen) atoms. The number of hydrogen-bond acceptors (Lipinski definition) is 2. The maximum atomic E-state index is 11.7. The zero-order valence-electron chi connectivity index (χ0n) is 9.89. The molecule has 1 aromatic carbocycles. The number of nitrogens with zero attached hydrogens (tertiary/aromatic N) is 3. The average molecular weight is 229 g/mol. The first-order chi connectivity index (χ1) is 8.24. The van der Waals surface area contributed by atoms with Crippen molar-refractivity contribution in [2.45, 2.75) is 25.8 Å². The lowest BCUT2D eigenvalue weighted by molar-refractivity contribution is 0.646. The SMILES string of the molecule is Cn1cnn(Cc2ccc3c(c2)CCC3)c1=O. The summed E-state index contributed by atoms with van der Waals surface area (Å²) in [6, 6.07) is 6.50. The minimum Gasteiger partial charge on any atom is -0.285 e. The summed E-state index contributed by atoms with van der Waals surface area (Å²) >= 11 is 0. The number of aromatic nitrogens is 3. The van der Waals surface area contributed by atoms with Gasteiger partial charge in [-0.2, -0.15) is 5.10 Å². The van der Waals surface area contributed by atoms with E-state index in [9.17, 15) is 4.79 Å². The Kier molecular flexibility index (Phi) is 2.35.